The SMILES string of the molecule is Cc1ccc(Cn2nc(C)c(C(=O)N3CCC(C(=O)N4CCCC(C)C4)CC3)c2Cl)cc1. The smallest absolute Gasteiger partial charge is 0.258 e. The molecule has 2 saturated heterocycles. The lowest BCUT2D eigenvalue weighted by Gasteiger charge is -2.37. The normalized spacial score (nSPS) is 19.9. The van der Waals surface area contributed by atoms with Crippen LogP contribution in [0.15, 0.2) is 24.3 Å². The van der Waals surface area contributed by atoms with Gasteiger partial charge in [-0.1, -0.05) is 48.4 Å². The first-order valence-electron chi connectivity index (χ1n) is 11.7. The first-order chi connectivity index (χ1) is 15.3. The Bertz CT molecular complexity index is 977. The van der Waals surface area contributed by atoms with Crippen LogP contribution >= 0.6 is 11.6 Å². The van der Waals surface area contributed by atoms with Gasteiger partial charge >= 0.3 is 0 Å². The third-order valence-corrected chi connectivity index (χ3v) is 7.22. The summed E-state index contributed by atoms with van der Waals surface area (Å²) in [4.78, 5) is 30.1. The average molecular weight is 457 g/mol. The van der Waals surface area contributed by atoms with Crippen molar-refractivity contribution < 1.29 is 9.59 Å². The van der Waals surface area contributed by atoms with E-state index in [9.17, 15) is 9.59 Å². The molecule has 4 rings (SSSR count). The summed E-state index contributed by atoms with van der Waals surface area (Å²) in [6.45, 7) is 9.52. The molecule has 1 unspecified atom stereocenters. The van der Waals surface area contributed by atoms with Crippen LogP contribution in [-0.4, -0.2) is 57.6 Å². The number of aromatic nitrogens is 2. The van der Waals surface area contributed by atoms with Gasteiger partial charge in [-0.25, -0.2) is 4.68 Å². The predicted octanol–water partition coefficient (Wildman–Crippen LogP) is 4.31. The van der Waals surface area contributed by atoms with Crippen molar-refractivity contribution in [2.45, 2.75) is 53.0 Å². The molecule has 2 aliphatic heterocycles. The Morgan fingerprint density at radius 1 is 1.03 bits per heavy atom. The van der Waals surface area contributed by atoms with Crippen LogP contribution in [0.3, 0.4) is 0 Å². The molecular weight excluding hydrogens is 424 g/mol. The van der Waals surface area contributed by atoms with Crippen molar-refractivity contribution in [2.24, 2.45) is 11.8 Å². The van der Waals surface area contributed by atoms with Gasteiger partial charge in [0.15, 0.2) is 0 Å². The number of aryl methyl sites for hydroxylation is 2. The van der Waals surface area contributed by atoms with Crippen LogP contribution in [0.5, 0.6) is 0 Å². The highest BCUT2D eigenvalue weighted by Gasteiger charge is 2.33. The molecule has 1 aromatic carbocycles. The van der Waals surface area contributed by atoms with Crippen molar-refractivity contribution in [2.75, 3.05) is 26.2 Å². The summed E-state index contributed by atoms with van der Waals surface area (Å²) in [6, 6.07) is 8.22. The average Bonchev–Trinajstić information content (AvgIpc) is 3.07. The number of carbonyl (C=O) groups excluding carboxylic acids is 2. The van der Waals surface area contributed by atoms with Crippen molar-refractivity contribution >= 4 is 23.4 Å². The lowest BCUT2D eigenvalue weighted by molar-refractivity contribution is -0.138. The molecule has 7 heteroatoms. The van der Waals surface area contributed by atoms with Gasteiger partial charge in [0.2, 0.25) is 5.91 Å². The fourth-order valence-electron chi connectivity index (χ4n) is 4.90. The van der Waals surface area contributed by atoms with Crippen molar-refractivity contribution in [3.63, 3.8) is 0 Å². The summed E-state index contributed by atoms with van der Waals surface area (Å²) in [5.41, 5.74) is 3.41. The minimum Gasteiger partial charge on any atom is -0.342 e. The highest BCUT2D eigenvalue weighted by molar-refractivity contribution is 6.33. The fraction of sp³-hybridized carbons (Fsp3) is 0.560. The van der Waals surface area contributed by atoms with Crippen LogP contribution in [0.1, 0.15) is 59.8 Å². The first-order valence-corrected chi connectivity index (χ1v) is 12.1. The molecule has 2 aliphatic rings. The monoisotopic (exact) mass is 456 g/mol. The fourth-order valence-corrected chi connectivity index (χ4v) is 5.22. The second kappa shape index (κ2) is 9.65. The molecule has 0 bridgehead atoms. The molecule has 1 aromatic heterocycles. The second-order valence-corrected chi connectivity index (χ2v) is 9.85. The molecule has 0 spiro atoms. The lowest BCUT2D eigenvalue weighted by Crippen LogP contribution is -2.47. The number of benzene rings is 1. The Labute approximate surface area is 195 Å². The molecule has 1 atom stereocenters. The number of likely N-dealkylation sites (tertiary alicyclic amines) is 2. The summed E-state index contributed by atoms with van der Waals surface area (Å²) < 4.78 is 1.70. The minimum atomic E-state index is -0.0832. The Morgan fingerprint density at radius 3 is 2.38 bits per heavy atom. The van der Waals surface area contributed by atoms with E-state index in [-0.39, 0.29) is 17.7 Å². The Hall–Kier alpha value is -2.34. The van der Waals surface area contributed by atoms with E-state index in [1.165, 1.54) is 12.0 Å². The maximum Gasteiger partial charge on any atom is 0.258 e. The lowest BCUT2D eigenvalue weighted by atomic mass is 9.92. The Morgan fingerprint density at radius 2 is 1.72 bits per heavy atom. The zero-order valence-corrected chi connectivity index (χ0v) is 20.1. The van der Waals surface area contributed by atoms with Crippen LogP contribution in [-0.2, 0) is 11.3 Å². The van der Waals surface area contributed by atoms with Crippen LogP contribution in [0, 0.1) is 25.7 Å². The molecule has 3 heterocycles. The Kier molecular flexibility index (Phi) is 6.89. The number of nitrogens with zero attached hydrogens (tertiary/aromatic N) is 4. The van der Waals surface area contributed by atoms with Gasteiger partial charge in [0.1, 0.15) is 5.15 Å². The van der Waals surface area contributed by atoms with Crippen LogP contribution < -0.4 is 0 Å². The van der Waals surface area contributed by atoms with E-state index in [1.807, 2.05) is 16.7 Å². The van der Waals surface area contributed by atoms with E-state index in [2.05, 4.69) is 43.2 Å². The maximum absolute atomic E-state index is 13.3. The highest BCUT2D eigenvalue weighted by Crippen LogP contribution is 2.27. The molecule has 0 saturated carbocycles. The van der Waals surface area contributed by atoms with Gasteiger partial charge in [0.05, 0.1) is 17.8 Å². The maximum atomic E-state index is 13.3. The largest absolute Gasteiger partial charge is 0.342 e. The van der Waals surface area contributed by atoms with Crippen molar-refractivity contribution in [1.29, 1.82) is 0 Å². The van der Waals surface area contributed by atoms with E-state index >= 15 is 0 Å². The molecule has 2 aromatic rings. The van der Waals surface area contributed by atoms with Gasteiger partial charge in [0, 0.05) is 32.1 Å². The van der Waals surface area contributed by atoms with Gasteiger partial charge in [0.25, 0.3) is 5.91 Å². The molecule has 0 radical (unpaired) electrons. The van der Waals surface area contributed by atoms with Gasteiger partial charge < -0.3 is 9.80 Å². The summed E-state index contributed by atoms with van der Waals surface area (Å²) in [7, 11) is 0. The zero-order valence-electron chi connectivity index (χ0n) is 19.3. The number of hydrogen-bond acceptors (Lipinski definition) is 3. The van der Waals surface area contributed by atoms with Crippen molar-refractivity contribution in [3.8, 4) is 0 Å². The molecule has 6 nitrogen and oxygen atoms in total. The van der Waals surface area contributed by atoms with E-state index in [1.54, 1.807) is 4.68 Å². The molecular formula is C25H33ClN4O2. The van der Waals surface area contributed by atoms with E-state index in [0.29, 0.717) is 54.8 Å². The number of rotatable bonds is 4. The van der Waals surface area contributed by atoms with Crippen LogP contribution in [0.4, 0.5) is 0 Å². The first kappa shape index (κ1) is 22.8. The molecule has 0 aliphatic carbocycles. The number of halogens is 1. The van der Waals surface area contributed by atoms with Crippen LogP contribution in [0.25, 0.3) is 0 Å². The molecule has 0 N–H and O–H groups in total. The number of carbonyl (C=O) groups is 2. The summed E-state index contributed by atoms with van der Waals surface area (Å²) in [5.74, 6) is 0.782. The Balaban J connectivity index is 1.39. The van der Waals surface area contributed by atoms with E-state index in [4.69, 9.17) is 11.6 Å². The van der Waals surface area contributed by atoms with Crippen LogP contribution in [0.2, 0.25) is 5.15 Å². The van der Waals surface area contributed by atoms with Gasteiger partial charge in [-0.2, -0.15) is 5.10 Å². The summed E-state index contributed by atoms with van der Waals surface area (Å²) >= 11 is 6.61. The summed E-state index contributed by atoms with van der Waals surface area (Å²) in [5, 5.41) is 4.91. The molecule has 2 amide bonds. The second-order valence-electron chi connectivity index (χ2n) is 9.49. The third kappa shape index (κ3) is 4.85. The highest BCUT2D eigenvalue weighted by atomic mass is 35.5. The number of piperidine rings is 2. The van der Waals surface area contributed by atoms with Crippen molar-refractivity contribution in [3.05, 3.63) is 51.8 Å². The van der Waals surface area contributed by atoms with Gasteiger partial charge in [-0.15, -0.1) is 0 Å². The number of hydrogen-bond donors (Lipinski definition) is 0. The van der Waals surface area contributed by atoms with Gasteiger partial charge in [-0.05, 0) is 51.0 Å². The molecule has 2 fully saturated rings. The summed E-state index contributed by atoms with van der Waals surface area (Å²) in [6.07, 6.45) is 3.72. The van der Waals surface area contributed by atoms with Crippen molar-refractivity contribution in [1.82, 2.24) is 19.6 Å². The standard InChI is InChI=1S/C25H33ClN4O2/c1-17-6-8-20(9-7-17)16-30-23(26)22(19(3)27-30)25(32)28-13-10-21(11-14-28)24(31)29-12-4-5-18(2)15-29/h6-9,18,21H,4-5,10-16H2,1-3H3. The molecule has 32 heavy (non-hydrogen) atoms. The van der Waals surface area contributed by atoms with E-state index < -0.39 is 0 Å². The zero-order chi connectivity index (χ0) is 22.8. The quantitative estimate of drug-likeness (QED) is 0.688. The van der Waals surface area contributed by atoms with Gasteiger partial charge in [-0.3, -0.25) is 9.59 Å². The number of amides is 2. The predicted molar refractivity (Wildman–Crippen MR) is 126 cm³/mol. The minimum absolute atomic E-state index is 0.0187. The third-order valence-electron chi connectivity index (χ3n) is 6.83. The van der Waals surface area contributed by atoms with E-state index in [0.717, 1.165) is 25.1 Å². The topological polar surface area (TPSA) is 58.4 Å². The molecule has 172 valence electrons.